The van der Waals surface area contributed by atoms with Crippen LogP contribution in [0.1, 0.15) is 21.5 Å². The molecular weight excluding hydrogens is 310 g/mol. The third-order valence-electron chi connectivity index (χ3n) is 2.98. The first-order valence-corrected chi connectivity index (χ1v) is 8.55. The SMILES string of the molecule is CCN(c1ccccc1)S(=O)(=O)c1cc(C(=O)O)sc1C. The minimum absolute atomic E-state index is 0.0233. The molecule has 0 saturated heterocycles. The summed E-state index contributed by atoms with van der Waals surface area (Å²) in [5, 5.41) is 9.00. The van der Waals surface area contributed by atoms with E-state index in [9.17, 15) is 13.2 Å². The maximum atomic E-state index is 12.8. The number of nitrogens with zero attached hydrogens (tertiary/aromatic N) is 1. The van der Waals surface area contributed by atoms with Crippen LogP contribution in [0.3, 0.4) is 0 Å². The second kappa shape index (κ2) is 5.87. The summed E-state index contributed by atoms with van der Waals surface area (Å²) in [6.45, 7) is 3.62. The molecule has 0 spiro atoms. The van der Waals surface area contributed by atoms with E-state index in [1.165, 1.54) is 10.4 Å². The molecule has 0 saturated carbocycles. The fourth-order valence-electron chi connectivity index (χ4n) is 2.03. The van der Waals surface area contributed by atoms with Crippen molar-refractivity contribution in [3.05, 3.63) is 46.2 Å². The van der Waals surface area contributed by atoms with Crippen molar-refractivity contribution in [3.63, 3.8) is 0 Å². The largest absolute Gasteiger partial charge is 0.477 e. The summed E-state index contributed by atoms with van der Waals surface area (Å²) in [6, 6.07) is 9.97. The van der Waals surface area contributed by atoms with Crippen molar-refractivity contribution in [1.29, 1.82) is 0 Å². The number of thiophene rings is 1. The minimum atomic E-state index is -3.77. The van der Waals surface area contributed by atoms with Gasteiger partial charge in [-0.3, -0.25) is 4.31 Å². The van der Waals surface area contributed by atoms with E-state index in [0.29, 0.717) is 10.6 Å². The molecule has 1 aromatic heterocycles. The van der Waals surface area contributed by atoms with Crippen molar-refractivity contribution in [1.82, 2.24) is 0 Å². The van der Waals surface area contributed by atoms with Crippen LogP contribution in [0.5, 0.6) is 0 Å². The van der Waals surface area contributed by atoms with E-state index in [0.717, 1.165) is 11.3 Å². The Morgan fingerprint density at radius 1 is 1.29 bits per heavy atom. The first kappa shape index (κ1) is 15.5. The van der Waals surface area contributed by atoms with E-state index in [1.807, 2.05) is 6.07 Å². The van der Waals surface area contributed by atoms with Gasteiger partial charge in [-0.05, 0) is 32.0 Å². The molecular formula is C14H15NO4S2. The normalized spacial score (nSPS) is 11.3. The van der Waals surface area contributed by atoms with Gasteiger partial charge in [-0.1, -0.05) is 18.2 Å². The lowest BCUT2D eigenvalue weighted by molar-refractivity contribution is 0.0702. The molecule has 1 heterocycles. The van der Waals surface area contributed by atoms with Crippen LogP contribution in [0.15, 0.2) is 41.3 Å². The van der Waals surface area contributed by atoms with Gasteiger partial charge in [0.2, 0.25) is 0 Å². The molecule has 0 atom stereocenters. The summed E-state index contributed by atoms with van der Waals surface area (Å²) in [7, 11) is -3.77. The Morgan fingerprint density at radius 3 is 2.38 bits per heavy atom. The van der Waals surface area contributed by atoms with Crippen LogP contribution in [0.25, 0.3) is 0 Å². The molecule has 0 radical (unpaired) electrons. The fraction of sp³-hybridized carbons (Fsp3) is 0.214. The van der Waals surface area contributed by atoms with Gasteiger partial charge in [0, 0.05) is 11.4 Å². The molecule has 112 valence electrons. The van der Waals surface area contributed by atoms with Gasteiger partial charge >= 0.3 is 5.97 Å². The molecule has 0 fully saturated rings. The third-order valence-corrected chi connectivity index (χ3v) is 6.18. The molecule has 0 amide bonds. The van der Waals surface area contributed by atoms with Gasteiger partial charge in [0.25, 0.3) is 10.0 Å². The van der Waals surface area contributed by atoms with E-state index in [2.05, 4.69) is 0 Å². The van der Waals surface area contributed by atoms with Gasteiger partial charge < -0.3 is 5.11 Å². The van der Waals surface area contributed by atoms with Crippen LogP contribution < -0.4 is 4.31 Å². The molecule has 0 unspecified atom stereocenters. The number of carboxylic acids is 1. The molecule has 2 rings (SSSR count). The van der Waals surface area contributed by atoms with E-state index >= 15 is 0 Å². The molecule has 2 aromatic rings. The number of para-hydroxylation sites is 1. The average molecular weight is 325 g/mol. The minimum Gasteiger partial charge on any atom is -0.477 e. The summed E-state index contributed by atoms with van der Waals surface area (Å²) in [4.78, 5) is 11.6. The Kier molecular flexibility index (Phi) is 4.34. The lowest BCUT2D eigenvalue weighted by atomic mass is 10.3. The van der Waals surface area contributed by atoms with E-state index in [4.69, 9.17) is 5.11 Å². The smallest absolute Gasteiger partial charge is 0.345 e. The highest BCUT2D eigenvalue weighted by Gasteiger charge is 2.28. The van der Waals surface area contributed by atoms with Crippen LogP contribution >= 0.6 is 11.3 Å². The predicted octanol–water partition coefficient (Wildman–Crippen LogP) is 2.97. The summed E-state index contributed by atoms with van der Waals surface area (Å²) in [6.07, 6.45) is 0. The first-order chi connectivity index (χ1) is 9.87. The highest BCUT2D eigenvalue weighted by molar-refractivity contribution is 7.93. The van der Waals surface area contributed by atoms with Crippen molar-refractivity contribution >= 4 is 33.0 Å². The Balaban J connectivity index is 2.52. The second-order valence-electron chi connectivity index (χ2n) is 4.34. The maximum absolute atomic E-state index is 12.8. The molecule has 0 aliphatic rings. The number of hydrogen-bond acceptors (Lipinski definition) is 4. The number of rotatable bonds is 5. The monoisotopic (exact) mass is 325 g/mol. The van der Waals surface area contributed by atoms with Gasteiger partial charge in [0.05, 0.1) is 5.69 Å². The average Bonchev–Trinajstić information content (AvgIpc) is 2.83. The van der Waals surface area contributed by atoms with Crippen molar-refractivity contribution in [2.45, 2.75) is 18.7 Å². The lowest BCUT2D eigenvalue weighted by Crippen LogP contribution is -2.30. The highest BCUT2D eigenvalue weighted by Crippen LogP contribution is 2.30. The second-order valence-corrected chi connectivity index (χ2v) is 7.43. The number of sulfonamides is 1. The highest BCUT2D eigenvalue weighted by atomic mass is 32.2. The molecule has 21 heavy (non-hydrogen) atoms. The van der Waals surface area contributed by atoms with Crippen molar-refractivity contribution in [2.75, 3.05) is 10.8 Å². The van der Waals surface area contributed by atoms with E-state index < -0.39 is 16.0 Å². The topological polar surface area (TPSA) is 74.7 Å². The van der Waals surface area contributed by atoms with Crippen LogP contribution in [0.4, 0.5) is 5.69 Å². The molecule has 1 N–H and O–H groups in total. The van der Waals surface area contributed by atoms with Crippen molar-refractivity contribution < 1.29 is 18.3 Å². The van der Waals surface area contributed by atoms with Crippen molar-refractivity contribution in [3.8, 4) is 0 Å². The molecule has 5 nitrogen and oxygen atoms in total. The van der Waals surface area contributed by atoms with Crippen LogP contribution in [0.2, 0.25) is 0 Å². The van der Waals surface area contributed by atoms with Crippen LogP contribution in [-0.2, 0) is 10.0 Å². The molecule has 0 aliphatic heterocycles. The van der Waals surface area contributed by atoms with E-state index in [1.54, 1.807) is 38.1 Å². The third kappa shape index (κ3) is 2.93. The number of carbonyl (C=O) groups is 1. The Labute approximate surface area is 127 Å². The van der Waals surface area contributed by atoms with Crippen LogP contribution in [0, 0.1) is 6.92 Å². The number of hydrogen-bond donors (Lipinski definition) is 1. The molecule has 0 aliphatic carbocycles. The summed E-state index contributed by atoms with van der Waals surface area (Å²) in [5.74, 6) is -1.12. The molecule has 7 heteroatoms. The summed E-state index contributed by atoms with van der Waals surface area (Å²) >= 11 is 0.967. The van der Waals surface area contributed by atoms with Gasteiger partial charge in [0.15, 0.2) is 0 Å². The van der Waals surface area contributed by atoms with Crippen molar-refractivity contribution in [2.24, 2.45) is 0 Å². The number of benzene rings is 1. The Hall–Kier alpha value is -1.86. The standard InChI is InChI=1S/C14H15NO4S2/c1-3-15(11-7-5-4-6-8-11)21(18,19)13-9-12(14(16)17)20-10(13)2/h4-9H,3H2,1-2H3,(H,16,17). The fourth-order valence-corrected chi connectivity index (χ4v) is 4.91. The lowest BCUT2D eigenvalue weighted by Gasteiger charge is -2.22. The Bertz CT molecular complexity index is 751. The van der Waals surface area contributed by atoms with Gasteiger partial charge in [-0.15, -0.1) is 11.3 Å². The summed E-state index contributed by atoms with van der Waals surface area (Å²) in [5.41, 5.74) is 0.558. The number of aryl methyl sites for hydroxylation is 1. The van der Waals surface area contributed by atoms with Gasteiger partial charge in [-0.2, -0.15) is 0 Å². The number of carboxylic acid groups (broad SMARTS) is 1. The molecule has 0 bridgehead atoms. The van der Waals surface area contributed by atoms with E-state index in [-0.39, 0.29) is 16.3 Å². The van der Waals surface area contributed by atoms with Gasteiger partial charge in [-0.25, -0.2) is 13.2 Å². The zero-order valence-corrected chi connectivity index (χ0v) is 13.2. The quantitative estimate of drug-likeness (QED) is 0.917. The zero-order chi connectivity index (χ0) is 15.6. The van der Waals surface area contributed by atoms with Gasteiger partial charge in [0.1, 0.15) is 9.77 Å². The number of anilines is 1. The maximum Gasteiger partial charge on any atom is 0.345 e. The Morgan fingerprint density at radius 2 is 1.90 bits per heavy atom. The predicted molar refractivity (Wildman–Crippen MR) is 82.7 cm³/mol. The summed E-state index contributed by atoms with van der Waals surface area (Å²) < 4.78 is 26.8. The first-order valence-electron chi connectivity index (χ1n) is 6.29. The van der Waals surface area contributed by atoms with Crippen LogP contribution in [-0.4, -0.2) is 26.0 Å². The number of aromatic carboxylic acids is 1. The zero-order valence-electron chi connectivity index (χ0n) is 11.6. The molecule has 1 aromatic carbocycles.